The fourth-order valence-electron chi connectivity index (χ4n) is 2.62. The molecule has 1 aliphatic rings. The van der Waals surface area contributed by atoms with Gasteiger partial charge in [0, 0.05) is 10.4 Å². The van der Waals surface area contributed by atoms with Crippen molar-refractivity contribution in [3.63, 3.8) is 0 Å². The molecule has 1 N–H and O–H groups in total. The van der Waals surface area contributed by atoms with E-state index in [1.807, 2.05) is 0 Å². The van der Waals surface area contributed by atoms with Crippen molar-refractivity contribution in [1.82, 2.24) is 0 Å². The van der Waals surface area contributed by atoms with Crippen LogP contribution >= 0.6 is 15.9 Å². The van der Waals surface area contributed by atoms with Crippen molar-refractivity contribution in [3.8, 4) is 0 Å². The first-order valence-corrected chi connectivity index (χ1v) is 6.95. The summed E-state index contributed by atoms with van der Waals surface area (Å²) in [5.41, 5.74) is 0.681. The first-order valence-electron chi connectivity index (χ1n) is 6.16. The largest absolute Gasteiger partial charge is 0.325 e. The zero-order valence-corrected chi connectivity index (χ0v) is 12.2. The maximum absolute atomic E-state index is 13.0. The number of nitrogens with one attached hydrogen (secondary N) is 1. The first kappa shape index (κ1) is 13.5. The Hall–Kier alpha value is -0.900. The zero-order chi connectivity index (χ0) is 13.3. The standard InChI is InChI=1S/C14H17BrFNO/c1-14(2)7-3-4-10(14)13(18)17-12-6-5-9(16)8-11(12)15/h5-6,8,10H,3-4,7H2,1-2H3,(H,17,18). The summed E-state index contributed by atoms with van der Waals surface area (Å²) in [6, 6.07) is 4.29. The quantitative estimate of drug-likeness (QED) is 0.864. The van der Waals surface area contributed by atoms with E-state index < -0.39 is 0 Å². The molecule has 2 rings (SSSR count). The van der Waals surface area contributed by atoms with Crippen LogP contribution in [0.4, 0.5) is 10.1 Å². The number of hydrogen-bond donors (Lipinski definition) is 1. The van der Waals surface area contributed by atoms with Crippen molar-refractivity contribution >= 4 is 27.5 Å². The lowest BCUT2D eigenvalue weighted by Gasteiger charge is -2.26. The molecule has 18 heavy (non-hydrogen) atoms. The normalized spacial score (nSPS) is 21.9. The van der Waals surface area contributed by atoms with Crippen LogP contribution in [0.25, 0.3) is 0 Å². The Balaban J connectivity index is 2.12. The van der Waals surface area contributed by atoms with Crippen molar-refractivity contribution in [2.24, 2.45) is 11.3 Å². The highest BCUT2D eigenvalue weighted by Crippen LogP contribution is 2.43. The average molecular weight is 314 g/mol. The Kier molecular flexibility index (Phi) is 3.76. The zero-order valence-electron chi connectivity index (χ0n) is 10.6. The number of carbonyl (C=O) groups excluding carboxylic acids is 1. The number of anilines is 1. The summed E-state index contributed by atoms with van der Waals surface area (Å²) >= 11 is 3.26. The predicted octanol–water partition coefficient (Wildman–Crippen LogP) is 4.35. The second kappa shape index (κ2) is 5.00. The Bertz CT molecular complexity index is 473. The van der Waals surface area contributed by atoms with E-state index in [1.165, 1.54) is 12.1 Å². The minimum atomic E-state index is -0.318. The van der Waals surface area contributed by atoms with Gasteiger partial charge in [0.25, 0.3) is 0 Å². The van der Waals surface area contributed by atoms with Gasteiger partial charge in [-0.3, -0.25) is 4.79 Å². The van der Waals surface area contributed by atoms with Gasteiger partial charge in [-0.15, -0.1) is 0 Å². The topological polar surface area (TPSA) is 29.1 Å². The molecule has 2 nitrogen and oxygen atoms in total. The van der Waals surface area contributed by atoms with Gasteiger partial charge in [0.15, 0.2) is 0 Å². The molecule has 1 aromatic carbocycles. The van der Waals surface area contributed by atoms with E-state index in [-0.39, 0.29) is 23.1 Å². The van der Waals surface area contributed by atoms with Gasteiger partial charge in [0.05, 0.1) is 5.69 Å². The van der Waals surface area contributed by atoms with E-state index in [0.29, 0.717) is 10.2 Å². The van der Waals surface area contributed by atoms with Crippen molar-refractivity contribution in [1.29, 1.82) is 0 Å². The number of rotatable bonds is 2. The molecule has 1 amide bonds. The minimum absolute atomic E-state index is 0.0322. The Morgan fingerprint density at radius 1 is 1.50 bits per heavy atom. The number of amides is 1. The molecule has 1 unspecified atom stereocenters. The summed E-state index contributed by atoms with van der Waals surface area (Å²) < 4.78 is 13.5. The Morgan fingerprint density at radius 3 is 2.78 bits per heavy atom. The van der Waals surface area contributed by atoms with Crippen molar-refractivity contribution < 1.29 is 9.18 Å². The van der Waals surface area contributed by atoms with Crippen LogP contribution in [0, 0.1) is 17.2 Å². The molecule has 1 aromatic rings. The average Bonchev–Trinajstić information content (AvgIpc) is 2.62. The number of halogens is 2. The SMILES string of the molecule is CC1(C)CCCC1C(=O)Nc1ccc(F)cc1Br. The first-order chi connectivity index (χ1) is 8.40. The molecule has 1 aliphatic carbocycles. The summed E-state index contributed by atoms with van der Waals surface area (Å²) in [6.07, 6.45) is 3.10. The molecular formula is C14H17BrFNO. The second-order valence-electron chi connectivity index (χ2n) is 5.55. The van der Waals surface area contributed by atoms with E-state index in [0.717, 1.165) is 19.3 Å². The van der Waals surface area contributed by atoms with E-state index in [9.17, 15) is 9.18 Å². The molecule has 0 radical (unpaired) electrons. The fraction of sp³-hybridized carbons (Fsp3) is 0.500. The predicted molar refractivity (Wildman–Crippen MR) is 73.9 cm³/mol. The lowest BCUT2D eigenvalue weighted by molar-refractivity contribution is -0.122. The molecule has 0 saturated heterocycles. The summed E-state index contributed by atoms with van der Waals surface area (Å²) in [5, 5.41) is 2.88. The van der Waals surface area contributed by atoms with Gasteiger partial charge in [0.2, 0.25) is 5.91 Å². The molecule has 4 heteroatoms. The van der Waals surface area contributed by atoms with Gasteiger partial charge < -0.3 is 5.32 Å². The Labute approximate surface area is 115 Å². The number of hydrogen-bond acceptors (Lipinski definition) is 1. The van der Waals surface area contributed by atoms with Crippen LogP contribution in [-0.2, 0) is 4.79 Å². The second-order valence-corrected chi connectivity index (χ2v) is 6.40. The molecule has 0 aromatic heterocycles. The van der Waals surface area contributed by atoms with Crippen LogP contribution in [0.2, 0.25) is 0 Å². The molecular weight excluding hydrogens is 297 g/mol. The van der Waals surface area contributed by atoms with Gasteiger partial charge in [-0.05, 0) is 52.4 Å². The summed E-state index contributed by atoms with van der Waals surface area (Å²) in [4.78, 5) is 12.2. The van der Waals surface area contributed by atoms with Crippen LogP contribution in [-0.4, -0.2) is 5.91 Å². The van der Waals surface area contributed by atoms with Gasteiger partial charge in [-0.2, -0.15) is 0 Å². The van der Waals surface area contributed by atoms with Crippen LogP contribution in [0.15, 0.2) is 22.7 Å². The monoisotopic (exact) mass is 313 g/mol. The van der Waals surface area contributed by atoms with Crippen LogP contribution in [0.1, 0.15) is 33.1 Å². The third-order valence-corrected chi connectivity index (χ3v) is 4.42. The fourth-order valence-corrected chi connectivity index (χ4v) is 3.07. The van der Waals surface area contributed by atoms with Crippen LogP contribution in [0.5, 0.6) is 0 Å². The van der Waals surface area contributed by atoms with Crippen LogP contribution in [0.3, 0.4) is 0 Å². The number of benzene rings is 1. The van der Waals surface area contributed by atoms with E-state index >= 15 is 0 Å². The molecule has 1 fully saturated rings. The minimum Gasteiger partial charge on any atom is -0.325 e. The highest BCUT2D eigenvalue weighted by Gasteiger charge is 2.39. The maximum atomic E-state index is 13.0. The third kappa shape index (κ3) is 2.74. The maximum Gasteiger partial charge on any atom is 0.228 e. The Morgan fingerprint density at radius 2 is 2.22 bits per heavy atom. The van der Waals surface area contributed by atoms with E-state index in [1.54, 1.807) is 6.07 Å². The molecule has 0 heterocycles. The molecule has 0 spiro atoms. The van der Waals surface area contributed by atoms with Gasteiger partial charge >= 0.3 is 0 Å². The summed E-state index contributed by atoms with van der Waals surface area (Å²) in [6.45, 7) is 4.26. The third-order valence-electron chi connectivity index (χ3n) is 3.76. The van der Waals surface area contributed by atoms with Crippen molar-refractivity contribution in [3.05, 3.63) is 28.5 Å². The summed E-state index contributed by atoms with van der Waals surface area (Å²) in [7, 11) is 0. The smallest absolute Gasteiger partial charge is 0.228 e. The van der Waals surface area contributed by atoms with Gasteiger partial charge in [0.1, 0.15) is 5.82 Å². The molecule has 0 aliphatic heterocycles. The lowest BCUT2D eigenvalue weighted by atomic mass is 9.81. The van der Waals surface area contributed by atoms with E-state index in [2.05, 4.69) is 35.1 Å². The van der Waals surface area contributed by atoms with Crippen LogP contribution < -0.4 is 5.32 Å². The van der Waals surface area contributed by atoms with E-state index in [4.69, 9.17) is 0 Å². The highest BCUT2D eigenvalue weighted by molar-refractivity contribution is 9.10. The van der Waals surface area contributed by atoms with Gasteiger partial charge in [-0.1, -0.05) is 20.3 Å². The van der Waals surface area contributed by atoms with Gasteiger partial charge in [-0.25, -0.2) is 4.39 Å². The summed E-state index contributed by atoms with van der Waals surface area (Å²) in [5.74, 6) is -0.250. The molecule has 1 atom stereocenters. The number of carbonyl (C=O) groups is 1. The van der Waals surface area contributed by atoms with Crippen molar-refractivity contribution in [2.75, 3.05) is 5.32 Å². The lowest BCUT2D eigenvalue weighted by Crippen LogP contribution is -2.30. The molecule has 1 saturated carbocycles. The highest BCUT2D eigenvalue weighted by atomic mass is 79.9. The van der Waals surface area contributed by atoms with Crippen molar-refractivity contribution in [2.45, 2.75) is 33.1 Å². The molecule has 98 valence electrons. The molecule has 0 bridgehead atoms.